The molecule has 2 aromatic carbocycles. The Morgan fingerprint density at radius 3 is 2.36 bits per heavy atom. The highest BCUT2D eigenvalue weighted by Gasteiger charge is 2.34. The number of carbonyl (C=O) groups is 2. The molecule has 0 spiro atoms. The monoisotopic (exact) mass is 381 g/mol. The lowest BCUT2D eigenvalue weighted by molar-refractivity contribution is -0.142. The number of carboxylic acid groups (broad SMARTS) is 1. The highest BCUT2D eigenvalue weighted by Crippen LogP contribution is 2.26. The number of hydrogen-bond acceptors (Lipinski definition) is 4. The number of fused-ring (bicyclic) bond motifs is 1. The van der Waals surface area contributed by atoms with Crippen LogP contribution < -0.4 is 4.74 Å². The number of amides is 1. The molecule has 1 saturated heterocycles. The predicted molar refractivity (Wildman–Crippen MR) is 102 cm³/mol. The fraction of sp³-hybridized carbons (Fsp3) is 0.364. The number of hydrogen-bond donors (Lipinski definition) is 1. The molecule has 2 aliphatic heterocycles. The molecule has 0 aromatic heterocycles. The van der Waals surface area contributed by atoms with E-state index in [1.807, 2.05) is 24.3 Å². The largest absolute Gasteiger partial charge is 0.490 e. The third kappa shape index (κ3) is 3.87. The summed E-state index contributed by atoms with van der Waals surface area (Å²) in [5.41, 5.74) is 2.44. The SMILES string of the molecule is O=C(O)C1Cc2ccccc2CN1C(=O)c1ccc(OC2CCOCC2)cc1. The predicted octanol–water partition coefficient (Wildman–Crippen LogP) is 2.90. The minimum atomic E-state index is -0.984. The number of nitrogens with zero attached hydrogens (tertiary/aromatic N) is 1. The van der Waals surface area contributed by atoms with E-state index in [-0.39, 0.29) is 12.0 Å². The van der Waals surface area contributed by atoms with Crippen LogP contribution in [0.5, 0.6) is 5.75 Å². The van der Waals surface area contributed by atoms with Gasteiger partial charge in [-0.2, -0.15) is 0 Å². The Morgan fingerprint density at radius 2 is 1.68 bits per heavy atom. The van der Waals surface area contributed by atoms with Gasteiger partial charge in [0.25, 0.3) is 5.91 Å². The Morgan fingerprint density at radius 1 is 1.00 bits per heavy atom. The standard InChI is InChI=1S/C22H23NO5/c24-21(15-5-7-18(8-6-15)28-19-9-11-27-12-10-19)23-14-17-4-2-1-3-16(17)13-20(23)22(25)26/h1-8,19-20H,9-14H2,(H,25,26). The van der Waals surface area contributed by atoms with Gasteiger partial charge < -0.3 is 19.5 Å². The van der Waals surface area contributed by atoms with Crippen molar-refractivity contribution in [2.45, 2.75) is 38.0 Å². The summed E-state index contributed by atoms with van der Waals surface area (Å²) in [6.07, 6.45) is 2.16. The number of rotatable bonds is 4. The van der Waals surface area contributed by atoms with Crippen LogP contribution in [0.1, 0.15) is 34.3 Å². The average Bonchev–Trinajstić information content (AvgIpc) is 2.73. The maximum atomic E-state index is 13.0. The molecule has 1 amide bonds. The average molecular weight is 381 g/mol. The van der Waals surface area contributed by atoms with Crippen molar-refractivity contribution >= 4 is 11.9 Å². The second-order valence-electron chi connectivity index (χ2n) is 7.21. The zero-order chi connectivity index (χ0) is 19.5. The van der Waals surface area contributed by atoms with Crippen LogP contribution in [0.4, 0.5) is 0 Å². The van der Waals surface area contributed by atoms with Crippen LogP contribution in [0.2, 0.25) is 0 Å². The van der Waals surface area contributed by atoms with Crippen LogP contribution >= 0.6 is 0 Å². The molecule has 28 heavy (non-hydrogen) atoms. The van der Waals surface area contributed by atoms with Crippen LogP contribution in [-0.2, 0) is 22.5 Å². The molecule has 0 bridgehead atoms. The lowest BCUT2D eigenvalue weighted by atomic mass is 9.93. The summed E-state index contributed by atoms with van der Waals surface area (Å²) < 4.78 is 11.3. The molecule has 1 unspecified atom stereocenters. The van der Waals surface area contributed by atoms with Gasteiger partial charge in [-0.15, -0.1) is 0 Å². The Balaban J connectivity index is 1.50. The fourth-order valence-electron chi connectivity index (χ4n) is 3.79. The van der Waals surface area contributed by atoms with Gasteiger partial charge in [0.2, 0.25) is 0 Å². The minimum absolute atomic E-state index is 0.130. The first-order chi connectivity index (χ1) is 13.6. The summed E-state index contributed by atoms with van der Waals surface area (Å²) in [6, 6.07) is 13.8. The van der Waals surface area contributed by atoms with E-state index >= 15 is 0 Å². The smallest absolute Gasteiger partial charge is 0.326 e. The molecule has 6 heteroatoms. The summed E-state index contributed by atoms with van der Waals surface area (Å²) in [4.78, 5) is 26.2. The highest BCUT2D eigenvalue weighted by molar-refractivity contribution is 5.97. The summed E-state index contributed by atoms with van der Waals surface area (Å²) in [5, 5.41) is 9.63. The molecule has 4 rings (SSSR count). The van der Waals surface area contributed by atoms with Gasteiger partial charge in [0, 0.05) is 31.4 Å². The molecule has 1 N–H and O–H groups in total. The molecule has 0 aliphatic carbocycles. The highest BCUT2D eigenvalue weighted by atomic mass is 16.5. The lowest BCUT2D eigenvalue weighted by Crippen LogP contribution is -2.48. The maximum Gasteiger partial charge on any atom is 0.326 e. The molecule has 2 aromatic rings. The quantitative estimate of drug-likeness (QED) is 0.881. The van der Waals surface area contributed by atoms with E-state index in [9.17, 15) is 14.7 Å². The van der Waals surface area contributed by atoms with Gasteiger partial charge in [-0.05, 0) is 35.4 Å². The summed E-state index contributed by atoms with van der Waals surface area (Å²) in [5.74, 6) is -0.552. The minimum Gasteiger partial charge on any atom is -0.490 e. The molecule has 0 saturated carbocycles. The number of ether oxygens (including phenoxy) is 2. The van der Waals surface area contributed by atoms with Crippen LogP contribution in [0, 0.1) is 0 Å². The molecular formula is C22H23NO5. The second-order valence-corrected chi connectivity index (χ2v) is 7.21. The van der Waals surface area contributed by atoms with Crippen LogP contribution in [0.3, 0.4) is 0 Å². The second kappa shape index (κ2) is 8.02. The van der Waals surface area contributed by atoms with Gasteiger partial charge in [0.15, 0.2) is 0 Å². The Kier molecular flexibility index (Phi) is 5.30. The first-order valence-electron chi connectivity index (χ1n) is 9.57. The van der Waals surface area contributed by atoms with Crippen LogP contribution in [0.15, 0.2) is 48.5 Å². The molecule has 2 aliphatic rings. The van der Waals surface area contributed by atoms with Gasteiger partial charge in [0.05, 0.1) is 13.2 Å². The van der Waals surface area contributed by atoms with Gasteiger partial charge >= 0.3 is 5.97 Å². The molecule has 1 fully saturated rings. The third-order valence-electron chi connectivity index (χ3n) is 5.37. The normalized spacial score (nSPS) is 19.7. The van der Waals surface area contributed by atoms with Crippen LogP contribution in [0.25, 0.3) is 0 Å². The fourth-order valence-corrected chi connectivity index (χ4v) is 3.79. The van der Waals surface area contributed by atoms with E-state index in [1.54, 1.807) is 24.3 Å². The third-order valence-corrected chi connectivity index (χ3v) is 5.37. The summed E-state index contributed by atoms with van der Waals surface area (Å²) >= 11 is 0. The van der Waals surface area contributed by atoms with E-state index in [1.165, 1.54) is 4.90 Å². The van der Waals surface area contributed by atoms with Crippen molar-refractivity contribution in [1.82, 2.24) is 4.90 Å². The zero-order valence-electron chi connectivity index (χ0n) is 15.5. The Bertz CT molecular complexity index is 857. The van der Waals surface area contributed by atoms with E-state index < -0.39 is 12.0 Å². The van der Waals surface area contributed by atoms with Crippen molar-refractivity contribution in [3.63, 3.8) is 0 Å². The zero-order valence-corrected chi connectivity index (χ0v) is 15.5. The lowest BCUT2D eigenvalue weighted by Gasteiger charge is -2.34. The van der Waals surface area contributed by atoms with Gasteiger partial charge in [-0.3, -0.25) is 4.79 Å². The molecule has 2 heterocycles. The molecular weight excluding hydrogens is 358 g/mol. The van der Waals surface area contributed by atoms with Crippen molar-refractivity contribution in [2.75, 3.05) is 13.2 Å². The number of carboxylic acids is 1. The number of benzene rings is 2. The van der Waals surface area contributed by atoms with Crippen molar-refractivity contribution < 1.29 is 24.2 Å². The maximum absolute atomic E-state index is 13.0. The van der Waals surface area contributed by atoms with Crippen molar-refractivity contribution in [3.8, 4) is 5.75 Å². The van der Waals surface area contributed by atoms with Crippen molar-refractivity contribution in [3.05, 3.63) is 65.2 Å². The van der Waals surface area contributed by atoms with Gasteiger partial charge in [0.1, 0.15) is 17.9 Å². The molecule has 6 nitrogen and oxygen atoms in total. The topological polar surface area (TPSA) is 76.1 Å². The van der Waals surface area contributed by atoms with Gasteiger partial charge in [-0.25, -0.2) is 4.79 Å². The summed E-state index contributed by atoms with van der Waals surface area (Å²) in [6.45, 7) is 1.70. The molecule has 0 radical (unpaired) electrons. The van der Waals surface area contributed by atoms with E-state index in [0.717, 1.165) is 24.0 Å². The van der Waals surface area contributed by atoms with E-state index in [2.05, 4.69) is 0 Å². The molecule has 146 valence electrons. The first-order valence-corrected chi connectivity index (χ1v) is 9.57. The van der Waals surface area contributed by atoms with E-state index in [4.69, 9.17) is 9.47 Å². The Labute approximate surface area is 163 Å². The van der Waals surface area contributed by atoms with Crippen molar-refractivity contribution in [2.24, 2.45) is 0 Å². The first kappa shape index (κ1) is 18.5. The van der Waals surface area contributed by atoms with E-state index in [0.29, 0.717) is 37.5 Å². The number of carbonyl (C=O) groups excluding carboxylic acids is 1. The number of aliphatic carboxylic acids is 1. The molecule has 1 atom stereocenters. The summed E-state index contributed by atoms with van der Waals surface area (Å²) in [7, 11) is 0. The van der Waals surface area contributed by atoms with Crippen LogP contribution in [-0.4, -0.2) is 47.2 Å². The Hall–Kier alpha value is -2.86. The van der Waals surface area contributed by atoms with Crippen molar-refractivity contribution in [1.29, 1.82) is 0 Å². The van der Waals surface area contributed by atoms with Gasteiger partial charge in [-0.1, -0.05) is 24.3 Å².